The van der Waals surface area contributed by atoms with Gasteiger partial charge >= 0.3 is 0 Å². The van der Waals surface area contributed by atoms with Crippen LogP contribution in [-0.4, -0.2) is 26.8 Å². The molecule has 0 saturated heterocycles. The molecule has 1 aromatic carbocycles. The fourth-order valence-corrected chi connectivity index (χ4v) is 3.30. The maximum Gasteiger partial charge on any atom is 0.145 e. The van der Waals surface area contributed by atoms with Crippen molar-refractivity contribution in [2.45, 2.75) is 51.4 Å². The Morgan fingerprint density at radius 3 is 2.75 bits per heavy atom. The number of halogens is 1. The minimum atomic E-state index is -1.37. The predicted octanol–water partition coefficient (Wildman–Crippen LogP) is 4.62. The number of benzene rings is 1. The summed E-state index contributed by atoms with van der Waals surface area (Å²) in [5.41, 5.74) is 10.2. The van der Waals surface area contributed by atoms with E-state index in [4.69, 9.17) is 21.9 Å². The lowest BCUT2D eigenvalue weighted by molar-refractivity contribution is 0.125. The second-order valence-corrected chi connectivity index (χ2v) is 9.44. The predicted molar refractivity (Wildman–Crippen MR) is 98.3 cm³/mol. The molecular weight excluding hydrogens is 348 g/mol. The zero-order valence-electron chi connectivity index (χ0n) is 14.5. The average molecular weight is 369 g/mol. The van der Waals surface area contributed by atoms with Crippen molar-refractivity contribution >= 4 is 28.3 Å². The van der Waals surface area contributed by atoms with Crippen LogP contribution in [0.5, 0.6) is 5.75 Å². The van der Waals surface area contributed by atoms with Crippen LogP contribution in [0.3, 0.4) is 0 Å². The highest BCUT2D eigenvalue weighted by Gasteiger charge is 2.36. The maximum atomic E-state index is 12.3. The summed E-state index contributed by atoms with van der Waals surface area (Å²) in [6.45, 7) is 9.52. The van der Waals surface area contributed by atoms with Crippen molar-refractivity contribution in [3.05, 3.63) is 38.7 Å². The molecule has 0 aliphatic carbocycles. The van der Waals surface area contributed by atoms with E-state index in [2.05, 4.69) is 14.4 Å². The first-order chi connectivity index (χ1) is 11.1. The minimum absolute atomic E-state index is 0.222. The summed E-state index contributed by atoms with van der Waals surface area (Å²) in [7, 11) is -1.37. The van der Waals surface area contributed by atoms with Crippen molar-refractivity contribution in [1.82, 2.24) is 0 Å². The third-order valence-electron chi connectivity index (χ3n) is 3.65. The molecule has 0 radical (unpaired) electrons. The molecular formula is C16H21ClN4O2S. The van der Waals surface area contributed by atoms with Gasteiger partial charge in [0.2, 0.25) is 0 Å². The van der Waals surface area contributed by atoms with Crippen LogP contribution in [0.25, 0.3) is 10.4 Å². The van der Waals surface area contributed by atoms with E-state index >= 15 is 0 Å². The van der Waals surface area contributed by atoms with Crippen LogP contribution in [0.2, 0.25) is 5.02 Å². The number of fused-ring (bicyclic) bond motifs is 1. The van der Waals surface area contributed by atoms with E-state index in [9.17, 15) is 4.21 Å². The molecule has 0 bridgehead atoms. The van der Waals surface area contributed by atoms with Crippen LogP contribution in [0.4, 0.5) is 0 Å². The van der Waals surface area contributed by atoms with Crippen LogP contribution < -0.4 is 4.74 Å². The largest absolute Gasteiger partial charge is 0.486 e. The minimum Gasteiger partial charge on any atom is -0.486 e. The van der Waals surface area contributed by atoms with E-state index in [0.717, 1.165) is 11.1 Å². The molecule has 1 heterocycles. The molecule has 0 N–H and O–H groups in total. The second-order valence-electron chi connectivity index (χ2n) is 7.10. The number of hydrogen-bond donors (Lipinski definition) is 0. The molecule has 130 valence electrons. The molecule has 6 nitrogen and oxygen atoms in total. The molecule has 2 atom stereocenters. The molecule has 0 fully saturated rings. The summed E-state index contributed by atoms with van der Waals surface area (Å²) in [5, 5.41) is 4.20. The molecule has 0 amide bonds. The van der Waals surface area contributed by atoms with Crippen molar-refractivity contribution in [2.75, 3.05) is 6.54 Å². The van der Waals surface area contributed by atoms with Gasteiger partial charge in [0.15, 0.2) is 0 Å². The summed E-state index contributed by atoms with van der Waals surface area (Å²) in [6, 6.07) is 3.61. The molecule has 0 aromatic heterocycles. The van der Waals surface area contributed by atoms with Crippen LogP contribution in [0, 0.1) is 0 Å². The van der Waals surface area contributed by atoms with Gasteiger partial charge in [0.05, 0.1) is 17.0 Å². The zero-order chi connectivity index (χ0) is 18.1. The van der Waals surface area contributed by atoms with Crippen LogP contribution in [0.1, 0.15) is 45.7 Å². The lowest BCUT2D eigenvalue weighted by atomic mass is 9.98. The maximum absolute atomic E-state index is 12.3. The van der Waals surface area contributed by atoms with Crippen LogP contribution in [0.15, 0.2) is 21.6 Å². The molecule has 2 rings (SSSR count). The zero-order valence-corrected chi connectivity index (χ0v) is 16.0. The fourth-order valence-electron chi connectivity index (χ4n) is 2.44. The first-order valence-electron chi connectivity index (χ1n) is 7.56. The summed E-state index contributed by atoms with van der Waals surface area (Å²) in [6.07, 6.45) is 0.588. The first kappa shape index (κ1) is 18.8. The van der Waals surface area contributed by atoms with Gasteiger partial charge < -0.3 is 4.74 Å². The van der Waals surface area contributed by atoms with Crippen molar-refractivity contribution in [1.29, 1.82) is 0 Å². The highest BCUT2D eigenvalue weighted by molar-refractivity contribution is 7.85. The van der Waals surface area contributed by atoms with Gasteiger partial charge in [0, 0.05) is 27.5 Å². The number of nitrogens with zero attached hydrogens (tertiary/aromatic N) is 4. The summed E-state index contributed by atoms with van der Waals surface area (Å²) in [4.78, 5) is 2.80. The lowest BCUT2D eigenvalue weighted by Gasteiger charge is -2.22. The van der Waals surface area contributed by atoms with E-state index in [1.165, 1.54) is 0 Å². The first-order valence-corrected chi connectivity index (χ1v) is 9.04. The Morgan fingerprint density at radius 1 is 1.50 bits per heavy atom. The topological polar surface area (TPSA) is 87.4 Å². The highest BCUT2D eigenvalue weighted by atomic mass is 35.5. The lowest BCUT2D eigenvalue weighted by Crippen LogP contribution is -2.33. The van der Waals surface area contributed by atoms with E-state index in [0.29, 0.717) is 22.9 Å². The van der Waals surface area contributed by atoms with Gasteiger partial charge in [-0.2, -0.15) is 4.40 Å². The monoisotopic (exact) mass is 368 g/mol. The van der Waals surface area contributed by atoms with Gasteiger partial charge in [-0.1, -0.05) is 16.7 Å². The fraction of sp³-hybridized carbons (Fsp3) is 0.562. The van der Waals surface area contributed by atoms with Gasteiger partial charge in [0.1, 0.15) is 22.3 Å². The summed E-state index contributed by atoms with van der Waals surface area (Å²) < 4.78 is 22.2. The van der Waals surface area contributed by atoms with E-state index < -0.39 is 21.3 Å². The van der Waals surface area contributed by atoms with Crippen molar-refractivity contribution in [3.63, 3.8) is 0 Å². The molecule has 8 heteroatoms. The second kappa shape index (κ2) is 6.75. The highest BCUT2D eigenvalue weighted by Crippen LogP contribution is 2.40. The molecule has 1 aliphatic heterocycles. The van der Waals surface area contributed by atoms with Gasteiger partial charge in [-0.05, 0) is 52.3 Å². The van der Waals surface area contributed by atoms with Gasteiger partial charge in [-0.25, -0.2) is 4.21 Å². The third-order valence-corrected chi connectivity index (χ3v) is 5.35. The number of ether oxygens (including phenoxy) is 1. The molecule has 24 heavy (non-hydrogen) atoms. The summed E-state index contributed by atoms with van der Waals surface area (Å²) in [5.74, 6) is 0.669. The van der Waals surface area contributed by atoms with E-state index in [1.54, 1.807) is 13.0 Å². The average Bonchev–Trinajstić information content (AvgIpc) is 2.79. The number of rotatable bonds is 4. The van der Waals surface area contributed by atoms with Gasteiger partial charge in [-0.15, -0.1) is 0 Å². The molecule has 0 spiro atoms. The van der Waals surface area contributed by atoms with Crippen LogP contribution in [-0.2, 0) is 17.4 Å². The Kier molecular flexibility index (Phi) is 5.28. The quantitative estimate of drug-likeness (QED) is 0.336. The Morgan fingerprint density at radius 2 is 2.17 bits per heavy atom. The Labute approximate surface area is 149 Å². The Hall–Kier alpha value is -1.56. The van der Waals surface area contributed by atoms with Crippen LogP contribution >= 0.6 is 11.6 Å². The number of azide groups is 1. The SMILES string of the molecule is C/C(=N\S(=O)C(C)(C)C)c1cc(Cl)cc2c1OC(C)(CN=[N+]=[N-])C2. The van der Waals surface area contributed by atoms with E-state index in [1.807, 2.05) is 33.8 Å². The smallest absolute Gasteiger partial charge is 0.145 e. The van der Waals surface area contributed by atoms with E-state index in [-0.39, 0.29) is 6.54 Å². The Bertz CT molecular complexity index is 766. The standard InChI is InChI=1S/C16H21ClN4O2S/c1-10(20-24(22)15(2,3)4)13-7-12(17)6-11-8-16(5,9-19-21-18)23-14(11)13/h6-7H,8-9H2,1-5H3/b20-10+. The van der Waals surface area contributed by atoms with Crippen molar-refractivity contribution < 1.29 is 8.95 Å². The number of hydrogen-bond acceptors (Lipinski definition) is 3. The van der Waals surface area contributed by atoms with Gasteiger partial charge in [-0.3, -0.25) is 0 Å². The third kappa shape index (κ3) is 4.09. The van der Waals surface area contributed by atoms with Gasteiger partial charge in [0.25, 0.3) is 0 Å². The molecule has 2 unspecified atom stereocenters. The summed E-state index contributed by atoms with van der Waals surface area (Å²) >= 11 is 6.23. The molecule has 0 saturated carbocycles. The molecule has 1 aliphatic rings. The Balaban J connectivity index is 2.44. The van der Waals surface area contributed by atoms with Crippen molar-refractivity contribution in [3.8, 4) is 5.75 Å². The van der Waals surface area contributed by atoms with Crippen molar-refractivity contribution in [2.24, 2.45) is 9.51 Å². The normalized spacial score (nSPS) is 21.7. The molecule has 1 aromatic rings.